The molecule has 1 aliphatic rings. The van der Waals surface area contributed by atoms with Crippen molar-refractivity contribution in [1.82, 2.24) is 5.32 Å². The van der Waals surface area contributed by atoms with Gasteiger partial charge in [-0.15, -0.1) is 0 Å². The van der Waals surface area contributed by atoms with Crippen LogP contribution >= 0.6 is 0 Å². The van der Waals surface area contributed by atoms with Crippen molar-refractivity contribution in [3.63, 3.8) is 0 Å². The highest BCUT2D eigenvalue weighted by atomic mass is 28.3. The number of hydrogen-bond donors (Lipinski definition) is 1. The largest absolute Gasteiger partial charge is 0.463 e. The van der Waals surface area contributed by atoms with E-state index in [1.54, 1.807) is 12.1 Å². The lowest BCUT2D eigenvalue weighted by atomic mass is 9.98. The molecule has 2 aromatic rings. The number of fused-ring (bicyclic) bond motifs is 1. The Kier molecular flexibility index (Phi) is 9.86. The van der Waals surface area contributed by atoms with Gasteiger partial charge in [0.25, 0.3) is 11.8 Å². The summed E-state index contributed by atoms with van der Waals surface area (Å²) in [4.78, 5) is 49.1. The third-order valence-electron chi connectivity index (χ3n) is 6.12. The second-order valence-electron chi connectivity index (χ2n) is 10.8. The summed E-state index contributed by atoms with van der Waals surface area (Å²) in [5, 5.41) is 4.71. The van der Waals surface area contributed by atoms with Crippen LogP contribution in [0.3, 0.4) is 0 Å². The Balaban J connectivity index is 1.99. The second kappa shape index (κ2) is 12.7. The van der Waals surface area contributed by atoms with Gasteiger partial charge in [-0.05, 0) is 28.9 Å². The molecule has 1 fully saturated rings. The van der Waals surface area contributed by atoms with Crippen molar-refractivity contribution in [1.29, 1.82) is 0 Å². The van der Waals surface area contributed by atoms with Gasteiger partial charge in [0, 0.05) is 41.0 Å². The summed E-state index contributed by atoms with van der Waals surface area (Å²) in [5.74, 6) is -4.08. The summed E-state index contributed by atoms with van der Waals surface area (Å²) in [6.07, 6.45) is -3.41. The molecule has 0 aliphatic carbocycles. The van der Waals surface area contributed by atoms with E-state index in [1.165, 1.54) is 20.8 Å². The molecule has 1 saturated heterocycles. The minimum atomic E-state index is -1.76. The molecule has 10 nitrogen and oxygen atoms in total. The first kappa shape index (κ1) is 30.3. The average molecular weight is 560 g/mol. The van der Waals surface area contributed by atoms with E-state index in [4.69, 9.17) is 23.7 Å². The summed E-state index contributed by atoms with van der Waals surface area (Å²) in [6, 6.07) is 13.7. The molecule has 39 heavy (non-hydrogen) atoms. The maximum Gasteiger partial charge on any atom is 0.303 e. The Morgan fingerprint density at radius 1 is 0.949 bits per heavy atom. The fourth-order valence-corrected chi connectivity index (χ4v) is 5.00. The fraction of sp³-hybridized carbons (Fsp3) is 0.500. The van der Waals surface area contributed by atoms with Crippen LogP contribution in [0.15, 0.2) is 42.5 Å². The predicted molar refractivity (Wildman–Crippen MR) is 145 cm³/mol. The van der Waals surface area contributed by atoms with Crippen LogP contribution in [-0.2, 0) is 38.1 Å². The Labute approximate surface area is 229 Å². The van der Waals surface area contributed by atoms with Crippen molar-refractivity contribution in [3.8, 4) is 0 Å². The van der Waals surface area contributed by atoms with Crippen molar-refractivity contribution >= 4 is 42.7 Å². The molecule has 212 valence electrons. The first-order valence-corrected chi connectivity index (χ1v) is 16.6. The normalized spacial score (nSPS) is 23.1. The highest BCUT2D eigenvalue weighted by molar-refractivity contribution is 6.76. The van der Waals surface area contributed by atoms with E-state index in [0.717, 1.165) is 16.8 Å². The van der Waals surface area contributed by atoms with Gasteiger partial charge in [0.05, 0.1) is 6.42 Å². The van der Waals surface area contributed by atoms with Gasteiger partial charge in [-0.1, -0.05) is 50.0 Å². The van der Waals surface area contributed by atoms with Crippen molar-refractivity contribution in [2.45, 2.75) is 77.1 Å². The molecule has 2 aromatic carbocycles. The number of rotatable bonds is 10. The smallest absolute Gasteiger partial charge is 0.303 e. The quantitative estimate of drug-likeness (QED) is 0.200. The minimum absolute atomic E-state index is 0.161. The van der Waals surface area contributed by atoms with E-state index in [1.807, 2.05) is 30.3 Å². The molecule has 3 rings (SSSR count). The van der Waals surface area contributed by atoms with Crippen LogP contribution in [0.25, 0.3) is 10.8 Å². The van der Waals surface area contributed by atoms with Gasteiger partial charge in [0.2, 0.25) is 0 Å². The van der Waals surface area contributed by atoms with Crippen molar-refractivity contribution in [3.05, 3.63) is 48.0 Å². The van der Waals surface area contributed by atoms with Crippen molar-refractivity contribution < 1.29 is 42.9 Å². The summed E-state index contributed by atoms with van der Waals surface area (Å²) < 4.78 is 28.7. The fourth-order valence-electron chi connectivity index (χ4n) is 4.28. The number of amides is 1. The van der Waals surface area contributed by atoms with Crippen LogP contribution in [0.4, 0.5) is 0 Å². The summed E-state index contributed by atoms with van der Waals surface area (Å²) >= 11 is 0. The van der Waals surface area contributed by atoms with Gasteiger partial charge in [0.15, 0.2) is 6.10 Å². The number of benzene rings is 2. The average Bonchev–Trinajstić information content (AvgIpc) is 2.82. The summed E-state index contributed by atoms with van der Waals surface area (Å²) in [7, 11) is -1.55. The molecule has 1 N–H and O–H groups in total. The molecule has 1 heterocycles. The molecule has 0 saturated carbocycles. The van der Waals surface area contributed by atoms with Crippen LogP contribution in [0.1, 0.15) is 37.6 Å². The lowest BCUT2D eigenvalue weighted by molar-refractivity contribution is -0.332. The van der Waals surface area contributed by atoms with Gasteiger partial charge in [0.1, 0.15) is 18.8 Å². The maximum atomic E-state index is 13.5. The van der Waals surface area contributed by atoms with Crippen molar-refractivity contribution in [2.75, 3.05) is 13.2 Å². The molecule has 1 aliphatic heterocycles. The van der Waals surface area contributed by atoms with E-state index >= 15 is 0 Å². The molecule has 0 unspecified atom stereocenters. The topological polar surface area (TPSA) is 126 Å². The molecule has 0 radical (unpaired) electrons. The van der Waals surface area contributed by atoms with Crippen LogP contribution in [0.2, 0.25) is 25.7 Å². The number of ether oxygens (including phenoxy) is 5. The van der Waals surface area contributed by atoms with Gasteiger partial charge < -0.3 is 29.0 Å². The highest BCUT2D eigenvalue weighted by Crippen LogP contribution is 2.34. The first-order chi connectivity index (χ1) is 18.3. The summed E-state index contributed by atoms with van der Waals surface area (Å²) in [5.41, 5.74) is 0.369. The Morgan fingerprint density at radius 2 is 1.62 bits per heavy atom. The second-order valence-corrected chi connectivity index (χ2v) is 16.4. The Hall–Kier alpha value is -3.28. The molecule has 11 heteroatoms. The van der Waals surface area contributed by atoms with E-state index in [9.17, 15) is 19.2 Å². The van der Waals surface area contributed by atoms with E-state index < -0.39 is 56.1 Å². The van der Waals surface area contributed by atoms with Crippen LogP contribution in [-0.4, -0.2) is 69.3 Å². The number of hydrogen-bond acceptors (Lipinski definition) is 9. The van der Waals surface area contributed by atoms with Gasteiger partial charge in [-0.2, -0.15) is 0 Å². The molecule has 0 aromatic heterocycles. The van der Waals surface area contributed by atoms with Gasteiger partial charge >= 0.3 is 17.9 Å². The van der Waals surface area contributed by atoms with E-state index in [2.05, 4.69) is 25.0 Å². The standard InChI is InChI=1S/C28H37NO9Si/c1-18(30)34-17-25-26(37-20(3)32)24(36-19(2)31)16-28(38-25,35-13-14-39(4,5)6)29-27(33)23-12-11-21-9-7-8-10-22(21)15-23/h7-12,15,24-26H,13-14,16-17H2,1-6H3,(H,29,33)/t24-,25-,26+,28+/m1/s1. The highest BCUT2D eigenvalue weighted by Gasteiger charge is 2.53. The molecular weight excluding hydrogens is 522 g/mol. The third kappa shape index (κ3) is 8.87. The van der Waals surface area contributed by atoms with E-state index in [0.29, 0.717) is 5.56 Å². The summed E-state index contributed by atoms with van der Waals surface area (Å²) in [6.45, 7) is 10.1. The zero-order valence-electron chi connectivity index (χ0n) is 23.3. The number of esters is 3. The Bertz CT molecular complexity index is 1210. The van der Waals surface area contributed by atoms with Crippen molar-refractivity contribution in [2.24, 2.45) is 0 Å². The van der Waals surface area contributed by atoms with Crippen LogP contribution < -0.4 is 5.32 Å². The molecule has 0 bridgehead atoms. The van der Waals surface area contributed by atoms with E-state index in [-0.39, 0.29) is 19.6 Å². The number of carbonyl (C=O) groups excluding carboxylic acids is 4. The third-order valence-corrected chi connectivity index (χ3v) is 7.82. The number of carbonyl (C=O) groups is 4. The lowest BCUT2D eigenvalue weighted by Crippen LogP contribution is -2.65. The number of nitrogens with one attached hydrogen (secondary N) is 1. The monoisotopic (exact) mass is 559 g/mol. The maximum absolute atomic E-state index is 13.5. The molecular formula is C28H37NO9Si. The van der Waals surface area contributed by atoms with Crippen LogP contribution in [0, 0.1) is 0 Å². The minimum Gasteiger partial charge on any atom is -0.463 e. The zero-order chi connectivity index (χ0) is 28.8. The predicted octanol–water partition coefficient (Wildman–Crippen LogP) is 3.79. The zero-order valence-corrected chi connectivity index (χ0v) is 24.3. The van der Waals surface area contributed by atoms with Crippen LogP contribution in [0.5, 0.6) is 0 Å². The molecule has 1 amide bonds. The van der Waals surface area contributed by atoms with Gasteiger partial charge in [-0.3, -0.25) is 19.2 Å². The lowest BCUT2D eigenvalue weighted by Gasteiger charge is -2.46. The Morgan fingerprint density at radius 3 is 2.23 bits per heavy atom. The first-order valence-electron chi connectivity index (χ1n) is 12.9. The molecule has 4 atom stereocenters. The van der Waals surface area contributed by atoms with Gasteiger partial charge in [-0.25, -0.2) is 0 Å². The molecule has 0 spiro atoms. The SMILES string of the molecule is CC(=O)OC[C@H]1O[C@@](NC(=O)c2ccc3ccccc3c2)(OCC[Si](C)(C)C)C[C@@H](OC(C)=O)[C@@H]1OC(C)=O.